The van der Waals surface area contributed by atoms with E-state index in [1.165, 1.54) is 0 Å². The van der Waals surface area contributed by atoms with Crippen LogP contribution in [0.4, 0.5) is 0 Å². The van der Waals surface area contributed by atoms with Gasteiger partial charge in [0.2, 0.25) is 0 Å². The largest absolute Gasteiger partial charge is 0.468 e. The molecule has 0 aliphatic heterocycles. The first-order valence-electron chi connectivity index (χ1n) is 5.01. The van der Waals surface area contributed by atoms with E-state index in [0.29, 0.717) is 6.54 Å². The third-order valence-corrected chi connectivity index (χ3v) is 3.03. The van der Waals surface area contributed by atoms with Crippen molar-refractivity contribution in [3.8, 4) is 0 Å². The summed E-state index contributed by atoms with van der Waals surface area (Å²) in [5.74, 6) is 2.70. The molecule has 1 rings (SSSR count). The second kappa shape index (κ2) is 6.85. The molecule has 0 fully saturated rings. The van der Waals surface area contributed by atoms with Crippen LogP contribution < -0.4 is 5.73 Å². The summed E-state index contributed by atoms with van der Waals surface area (Å²) < 4.78 is 5.18. The van der Waals surface area contributed by atoms with E-state index in [1.807, 2.05) is 12.1 Å². The second-order valence-electron chi connectivity index (χ2n) is 3.39. The highest BCUT2D eigenvalue weighted by molar-refractivity contribution is 7.98. The van der Waals surface area contributed by atoms with Crippen molar-refractivity contribution in [1.29, 1.82) is 0 Å². The van der Waals surface area contributed by atoms with Gasteiger partial charge in [0, 0.05) is 19.3 Å². The van der Waals surface area contributed by atoms with E-state index >= 15 is 0 Å². The number of nitro groups is 1. The molecule has 1 aromatic rings. The van der Waals surface area contributed by atoms with Crippen molar-refractivity contribution in [2.45, 2.75) is 5.75 Å². The number of furan rings is 1. The summed E-state index contributed by atoms with van der Waals surface area (Å²) in [5.41, 5.74) is 5.51. The summed E-state index contributed by atoms with van der Waals surface area (Å²) in [6.45, 7) is 0.654. The van der Waals surface area contributed by atoms with Crippen molar-refractivity contribution < 1.29 is 9.34 Å². The molecule has 0 aromatic carbocycles. The van der Waals surface area contributed by atoms with Gasteiger partial charge in [-0.3, -0.25) is 10.1 Å². The average molecular weight is 257 g/mol. The Morgan fingerprint density at radius 2 is 2.53 bits per heavy atom. The van der Waals surface area contributed by atoms with Crippen LogP contribution in [0.25, 0.3) is 0 Å². The van der Waals surface area contributed by atoms with Gasteiger partial charge in [-0.1, -0.05) is 0 Å². The molecule has 0 saturated carbocycles. The Balaban J connectivity index is 2.20. The minimum atomic E-state index is -0.554. The van der Waals surface area contributed by atoms with E-state index in [2.05, 4.69) is 0 Å². The molecule has 0 spiro atoms. The molecule has 0 saturated heterocycles. The van der Waals surface area contributed by atoms with Crippen LogP contribution in [-0.4, -0.2) is 29.2 Å². The van der Waals surface area contributed by atoms with Crippen molar-refractivity contribution in [3.05, 3.63) is 46.3 Å². The van der Waals surface area contributed by atoms with Gasteiger partial charge in [0.1, 0.15) is 5.76 Å². The second-order valence-corrected chi connectivity index (χ2v) is 4.50. The first-order chi connectivity index (χ1) is 8.09. The van der Waals surface area contributed by atoms with Crippen molar-refractivity contribution >= 4 is 11.8 Å². The third kappa shape index (κ3) is 5.30. The van der Waals surface area contributed by atoms with Gasteiger partial charge in [0.15, 0.2) is 5.82 Å². The topological polar surface area (TPSA) is 85.5 Å². The fourth-order valence-electron chi connectivity index (χ4n) is 1.10. The molecule has 94 valence electrons. The Morgan fingerprint density at radius 1 is 1.76 bits per heavy atom. The molecule has 1 heterocycles. The molecule has 0 bridgehead atoms. The number of rotatable bonds is 7. The maximum Gasteiger partial charge on any atom is 0.274 e. The number of hydrogen-bond donors (Lipinski definition) is 1. The van der Waals surface area contributed by atoms with E-state index in [1.54, 1.807) is 30.0 Å². The fraction of sp³-hybridized carbons (Fsp3) is 0.400. The maximum absolute atomic E-state index is 10.2. The Kier molecular flexibility index (Phi) is 5.41. The van der Waals surface area contributed by atoms with Gasteiger partial charge < -0.3 is 15.1 Å². The van der Waals surface area contributed by atoms with Gasteiger partial charge in [-0.05, 0) is 12.1 Å². The van der Waals surface area contributed by atoms with Crippen LogP contribution in [0, 0.1) is 10.1 Å². The minimum Gasteiger partial charge on any atom is -0.468 e. The van der Waals surface area contributed by atoms with Crippen LogP contribution in [0.2, 0.25) is 0 Å². The minimum absolute atomic E-state index is 0.161. The zero-order valence-electron chi connectivity index (χ0n) is 9.54. The first kappa shape index (κ1) is 13.4. The van der Waals surface area contributed by atoms with E-state index in [0.717, 1.165) is 23.5 Å². The Labute approximate surface area is 104 Å². The van der Waals surface area contributed by atoms with Crippen LogP contribution in [0.3, 0.4) is 0 Å². The summed E-state index contributed by atoms with van der Waals surface area (Å²) in [7, 11) is 1.72. The summed E-state index contributed by atoms with van der Waals surface area (Å²) in [6.07, 6.45) is 2.44. The fourth-order valence-corrected chi connectivity index (χ4v) is 2.02. The molecular weight excluding hydrogens is 242 g/mol. The van der Waals surface area contributed by atoms with Gasteiger partial charge in [-0.2, -0.15) is 11.8 Å². The van der Waals surface area contributed by atoms with Crippen molar-refractivity contribution in [2.24, 2.45) is 5.73 Å². The predicted octanol–water partition coefficient (Wildman–Crippen LogP) is 1.48. The molecule has 0 unspecified atom stereocenters. The third-order valence-electron chi connectivity index (χ3n) is 2.07. The van der Waals surface area contributed by atoms with E-state index in [9.17, 15) is 10.1 Å². The summed E-state index contributed by atoms with van der Waals surface area (Å²) in [5, 5.41) is 10.2. The highest BCUT2D eigenvalue weighted by Crippen LogP contribution is 2.12. The molecule has 1 aromatic heterocycles. The van der Waals surface area contributed by atoms with Crippen LogP contribution in [-0.2, 0) is 5.75 Å². The normalized spacial score (nSPS) is 11.5. The van der Waals surface area contributed by atoms with Gasteiger partial charge in [0.05, 0.1) is 16.9 Å². The van der Waals surface area contributed by atoms with Crippen molar-refractivity contribution in [3.63, 3.8) is 0 Å². The number of thioether (sulfide) groups is 1. The molecule has 0 atom stereocenters. The lowest BCUT2D eigenvalue weighted by molar-refractivity contribution is -0.404. The van der Waals surface area contributed by atoms with Crippen LogP contribution in [0.1, 0.15) is 5.76 Å². The molecule has 0 aliphatic rings. The standard InChI is InChI=1S/C10H15N3O3S/c1-12(10(11)7-13(14)15)4-6-17-8-9-3-2-5-16-9/h2-3,5,7H,4,6,8,11H2,1H3. The number of nitrogens with zero attached hydrogens (tertiary/aromatic N) is 2. The molecule has 7 heteroatoms. The van der Waals surface area contributed by atoms with E-state index < -0.39 is 4.92 Å². The molecule has 2 N–H and O–H groups in total. The van der Waals surface area contributed by atoms with Crippen molar-refractivity contribution in [1.82, 2.24) is 4.90 Å². The highest BCUT2D eigenvalue weighted by atomic mass is 32.2. The molecule has 17 heavy (non-hydrogen) atoms. The lowest BCUT2D eigenvalue weighted by Gasteiger charge is -2.16. The first-order valence-corrected chi connectivity index (χ1v) is 6.17. The van der Waals surface area contributed by atoms with E-state index in [4.69, 9.17) is 10.2 Å². The van der Waals surface area contributed by atoms with Gasteiger partial charge in [-0.25, -0.2) is 0 Å². The summed E-state index contributed by atoms with van der Waals surface area (Å²) >= 11 is 1.69. The quantitative estimate of drug-likeness (QED) is 0.452. The number of nitrogens with two attached hydrogens (primary N) is 1. The smallest absolute Gasteiger partial charge is 0.274 e. The molecular formula is C10H15N3O3S. The Morgan fingerprint density at radius 3 is 3.12 bits per heavy atom. The molecule has 0 amide bonds. The summed E-state index contributed by atoms with van der Waals surface area (Å²) in [4.78, 5) is 11.3. The van der Waals surface area contributed by atoms with Crippen LogP contribution in [0.5, 0.6) is 0 Å². The zero-order valence-corrected chi connectivity index (χ0v) is 10.4. The SMILES string of the molecule is CN(CCSCc1ccco1)C(N)=C[N+](=O)[O-]. The average Bonchev–Trinajstić information content (AvgIpc) is 2.75. The molecule has 6 nitrogen and oxygen atoms in total. The van der Waals surface area contributed by atoms with Crippen LogP contribution >= 0.6 is 11.8 Å². The molecule has 0 radical (unpaired) electrons. The Hall–Kier alpha value is -1.63. The highest BCUT2D eigenvalue weighted by Gasteiger charge is 2.04. The maximum atomic E-state index is 10.2. The van der Waals surface area contributed by atoms with Gasteiger partial charge in [-0.15, -0.1) is 0 Å². The lowest BCUT2D eigenvalue weighted by Crippen LogP contribution is -2.26. The van der Waals surface area contributed by atoms with Gasteiger partial charge >= 0.3 is 0 Å². The monoisotopic (exact) mass is 257 g/mol. The predicted molar refractivity (Wildman–Crippen MR) is 66.8 cm³/mol. The zero-order chi connectivity index (χ0) is 12.7. The van der Waals surface area contributed by atoms with E-state index in [-0.39, 0.29) is 5.82 Å². The summed E-state index contributed by atoms with van der Waals surface area (Å²) in [6, 6.07) is 3.76. The Bertz CT molecular complexity index is 378. The number of hydrogen-bond acceptors (Lipinski definition) is 6. The van der Waals surface area contributed by atoms with Gasteiger partial charge in [0.25, 0.3) is 6.20 Å². The van der Waals surface area contributed by atoms with Crippen LogP contribution in [0.15, 0.2) is 34.8 Å². The lowest BCUT2D eigenvalue weighted by atomic mass is 10.5. The van der Waals surface area contributed by atoms with Crippen molar-refractivity contribution in [2.75, 3.05) is 19.3 Å². The molecule has 0 aliphatic carbocycles.